The second-order valence-electron chi connectivity index (χ2n) is 4.39. The Balaban J connectivity index is 2.03. The Kier molecular flexibility index (Phi) is 4.95. The molecular formula is C14H19N3O3. The highest BCUT2D eigenvalue weighted by molar-refractivity contribution is 5.59. The molecule has 1 aromatic carbocycles. The van der Waals surface area contributed by atoms with E-state index < -0.39 is 0 Å². The van der Waals surface area contributed by atoms with Crippen LogP contribution in [0.4, 0.5) is 0 Å². The van der Waals surface area contributed by atoms with E-state index >= 15 is 0 Å². The van der Waals surface area contributed by atoms with Gasteiger partial charge in [-0.3, -0.25) is 0 Å². The maximum absolute atomic E-state index is 9.74. The van der Waals surface area contributed by atoms with Crippen molar-refractivity contribution in [3.05, 3.63) is 24.1 Å². The van der Waals surface area contributed by atoms with E-state index in [0.29, 0.717) is 29.5 Å². The van der Waals surface area contributed by atoms with E-state index in [9.17, 15) is 5.11 Å². The van der Waals surface area contributed by atoms with Crippen molar-refractivity contribution in [2.45, 2.75) is 19.8 Å². The molecule has 0 atom stereocenters. The predicted molar refractivity (Wildman–Crippen MR) is 74.8 cm³/mol. The smallest absolute Gasteiger partial charge is 0.247 e. The van der Waals surface area contributed by atoms with Gasteiger partial charge in [-0.1, -0.05) is 6.92 Å². The van der Waals surface area contributed by atoms with E-state index in [0.717, 1.165) is 19.5 Å². The van der Waals surface area contributed by atoms with Crippen LogP contribution in [0, 0.1) is 0 Å². The molecule has 0 fully saturated rings. The van der Waals surface area contributed by atoms with E-state index in [1.54, 1.807) is 18.2 Å². The van der Waals surface area contributed by atoms with Crippen LogP contribution in [0.2, 0.25) is 0 Å². The van der Waals surface area contributed by atoms with Crippen LogP contribution < -0.4 is 10.1 Å². The van der Waals surface area contributed by atoms with Crippen molar-refractivity contribution >= 4 is 0 Å². The summed E-state index contributed by atoms with van der Waals surface area (Å²) in [5.74, 6) is 1.44. The molecular weight excluding hydrogens is 258 g/mol. The number of benzene rings is 1. The number of ether oxygens (including phenoxy) is 1. The third-order valence-corrected chi connectivity index (χ3v) is 2.84. The number of rotatable bonds is 7. The molecule has 0 saturated carbocycles. The van der Waals surface area contributed by atoms with Crippen LogP contribution in [-0.2, 0) is 6.42 Å². The van der Waals surface area contributed by atoms with Crippen molar-refractivity contribution in [1.82, 2.24) is 15.5 Å². The summed E-state index contributed by atoms with van der Waals surface area (Å²) < 4.78 is 10.6. The Morgan fingerprint density at radius 2 is 2.15 bits per heavy atom. The number of nitrogens with one attached hydrogen (secondary N) is 1. The third-order valence-electron chi connectivity index (χ3n) is 2.84. The monoisotopic (exact) mass is 277 g/mol. The number of aromatic nitrogens is 2. The van der Waals surface area contributed by atoms with E-state index in [-0.39, 0.29) is 5.75 Å². The first kappa shape index (κ1) is 14.3. The zero-order valence-electron chi connectivity index (χ0n) is 11.7. The maximum Gasteiger partial charge on any atom is 0.247 e. The Labute approximate surface area is 117 Å². The third kappa shape index (κ3) is 3.48. The molecule has 0 spiro atoms. The molecule has 108 valence electrons. The predicted octanol–water partition coefficient (Wildman–Crippen LogP) is 1.99. The summed E-state index contributed by atoms with van der Waals surface area (Å²) in [7, 11) is 1.50. The molecule has 1 aromatic heterocycles. The van der Waals surface area contributed by atoms with Gasteiger partial charge in [-0.05, 0) is 31.2 Å². The standard InChI is InChI=1S/C14H19N3O3/c1-3-7-15-8-6-13-16-17-14(20-13)10-4-5-12(19-2)11(18)9-10/h4-5,9,15,18H,3,6-8H2,1-2H3. The second-order valence-corrected chi connectivity index (χ2v) is 4.39. The van der Waals surface area contributed by atoms with Crippen molar-refractivity contribution in [2.24, 2.45) is 0 Å². The number of phenolic OH excluding ortho intramolecular Hbond substituents is 1. The summed E-state index contributed by atoms with van der Waals surface area (Å²) in [6.07, 6.45) is 1.79. The Bertz CT molecular complexity index is 554. The number of nitrogens with zero attached hydrogens (tertiary/aromatic N) is 2. The lowest BCUT2D eigenvalue weighted by Crippen LogP contribution is -2.17. The van der Waals surface area contributed by atoms with Gasteiger partial charge in [-0.25, -0.2) is 0 Å². The molecule has 0 unspecified atom stereocenters. The first-order valence-electron chi connectivity index (χ1n) is 6.65. The lowest BCUT2D eigenvalue weighted by molar-refractivity contribution is 0.373. The molecule has 0 aliphatic carbocycles. The fraction of sp³-hybridized carbons (Fsp3) is 0.429. The van der Waals surface area contributed by atoms with Gasteiger partial charge in [0.15, 0.2) is 11.5 Å². The molecule has 2 aromatic rings. The summed E-state index contributed by atoms with van der Waals surface area (Å²) >= 11 is 0. The fourth-order valence-corrected chi connectivity index (χ4v) is 1.79. The van der Waals surface area contributed by atoms with Crippen LogP contribution in [-0.4, -0.2) is 35.5 Å². The average molecular weight is 277 g/mol. The first-order valence-corrected chi connectivity index (χ1v) is 6.65. The molecule has 6 heteroatoms. The number of methoxy groups -OCH3 is 1. The summed E-state index contributed by atoms with van der Waals surface area (Å²) in [5.41, 5.74) is 0.670. The lowest BCUT2D eigenvalue weighted by atomic mass is 10.2. The molecule has 0 radical (unpaired) electrons. The van der Waals surface area contributed by atoms with Gasteiger partial charge in [0.1, 0.15) is 0 Å². The molecule has 0 amide bonds. The van der Waals surface area contributed by atoms with Gasteiger partial charge in [-0.15, -0.1) is 10.2 Å². The lowest BCUT2D eigenvalue weighted by Gasteiger charge is -2.03. The first-order chi connectivity index (χ1) is 9.74. The minimum atomic E-state index is 0.0503. The minimum absolute atomic E-state index is 0.0503. The van der Waals surface area contributed by atoms with Gasteiger partial charge < -0.3 is 19.6 Å². The largest absolute Gasteiger partial charge is 0.504 e. The summed E-state index contributed by atoms with van der Waals surface area (Å²) in [4.78, 5) is 0. The Morgan fingerprint density at radius 1 is 1.30 bits per heavy atom. The molecule has 0 aliphatic rings. The fourth-order valence-electron chi connectivity index (χ4n) is 1.79. The molecule has 6 nitrogen and oxygen atoms in total. The van der Waals surface area contributed by atoms with Crippen molar-refractivity contribution in [3.8, 4) is 23.0 Å². The van der Waals surface area contributed by atoms with E-state index in [4.69, 9.17) is 9.15 Å². The Hall–Kier alpha value is -2.08. The van der Waals surface area contributed by atoms with Crippen LogP contribution in [0.25, 0.3) is 11.5 Å². The molecule has 1 heterocycles. The number of phenols is 1. The van der Waals surface area contributed by atoms with Gasteiger partial charge in [0.2, 0.25) is 11.8 Å². The Morgan fingerprint density at radius 3 is 2.85 bits per heavy atom. The highest BCUT2D eigenvalue weighted by Gasteiger charge is 2.11. The van der Waals surface area contributed by atoms with Crippen molar-refractivity contribution in [3.63, 3.8) is 0 Å². The van der Waals surface area contributed by atoms with Crippen LogP contribution >= 0.6 is 0 Å². The summed E-state index contributed by atoms with van der Waals surface area (Å²) in [5, 5.41) is 21.0. The zero-order chi connectivity index (χ0) is 14.4. The highest BCUT2D eigenvalue weighted by Crippen LogP contribution is 2.30. The van der Waals surface area contributed by atoms with Crippen molar-refractivity contribution < 1.29 is 14.3 Å². The number of aromatic hydroxyl groups is 1. The normalized spacial score (nSPS) is 10.7. The van der Waals surface area contributed by atoms with Crippen LogP contribution in [0.3, 0.4) is 0 Å². The quantitative estimate of drug-likeness (QED) is 0.753. The number of hydrogen-bond acceptors (Lipinski definition) is 6. The average Bonchev–Trinajstić information content (AvgIpc) is 2.92. The van der Waals surface area contributed by atoms with Crippen molar-refractivity contribution in [2.75, 3.05) is 20.2 Å². The summed E-state index contributed by atoms with van der Waals surface area (Å²) in [6, 6.07) is 4.98. The topological polar surface area (TPSA) is 80.4 Å². The number of hydrogen-bond donors (Lipinski definition) is 2. The van der Waals surface area contributed by atoms with Gasteiger partial charge in [0.05, 0.1) is 7.11 Å². The molecule has 0 aliphatic heterocycles. The molecule has 2 N–H and O–H groups in total. The second kappa shape index (κ2) is 6.91. The molecule has 20 heavy (non-hydrogen) atoms. The molecule has 0 saturated heterocycles. The van der Waals surface area contributed by atoms with Crippen LogP contribution in [0.5, 0.6) is 11.5 Å². The minimum Gasteiger partial charge on any atom is -0.504 e. The van der Waals surface area contributed by atoms with Crippen LogP contribution in [0.15, 0.2) is 22.6 Å². The van der Waals surface area contributed by atoms with E-state index in [1.165, 1.54) is 7.11 Å². The van der Waals surface area contributed by atoms with Gasteiger partial charge in [0.25, 0.3) is 0 Å². The van der Waals surface area contributed by atoms with Crippen molar-refractivity contribution in [1.29, 1.82) is 0 Å². The molecule has 2 rings (SSSR count). The van der Waals surface area contributed by atoms with Gasteiger partial charge in [0, 0.05) is 18.5 Å². The van der Waals surface area contributed by atoms with E-state index in [1.807, 2.05) is 0 Å². The molecule has 0 bridgehead atoms. The van der Waals surface area contributed by atoms with Gasteiger partial charge >= 0.3 is 0 Å². The SMILES string of the molecule is CCCNCCc1nnc(-c2ccc(OC)c(O)c2)o1. The highest BCUT2D eigenvalue weighted by atomic mass is 16.5. The van der Waals surface area contributed by atoms with E-state index in [2.05, 4.69) is 22.4 Å². The summed E-state index contributed by atoms with van der Waals surface area (Å²) in [6.45, 7) is 3.91. The maximum atomic E-state index is 9.74. The zero-order valence-corrected chi connectivity index (χ0v) is 11.7. The van der Waals surface area contributed by atoms with Gasteiger partial charge in [-0.2, -0.15) is 0 Å². The van der Waals surface area contributed by atoms with Crippen LogP contribution in [0.1, 0.15) is 19.2 Å².